The fraction of sp³-hybridized carbons (Fsp3) is 0.941. The topological polar surface area (TPSA) is 52.3 Å². The fourth-order valence-electron chi connectivity index (χ4n) is 2.60. The van der Waals surface area contributed by atoms with Gasteiger partial charge in [-0.3, -0.25) is 4.79 Å². The third-order valence-corrected chi connectivity index (χ3v) is 4.02. The van der Waals surface area contributed by atoms with Crippen LogP contribution < -0.4 is 5.73 Å². The SMILES string of the molecule is CCCCCCCCCCC[C@@H](C(=O)OCC)[C@@H](N)C(F)(F)F. The van der Waals surface area contributed by atoms with E-state index in [1.807, 2.05) is 0 Å². The first-order valence-electron chi connectivity index (χ1n) is 8.83. The van der Waals surface area contributed by atoms with E-state index in [2.05, 4.69) is 6.92 Å². The Hall–Kier alpha value is -0.780. The molecular formula is C17H32F3NO2. The molecule has 0 heterocycles. The molecule has 0 unspecified atom stereocenters. The highest BCUT2D eigenvalue weighted by molar-refractivity contribution is 5.73. The molecule has 138 valence electrons. The number of rotatable bonds is 13. The minimum atomic E-state index is -4.57. The second-order valence-electron chi connectivity index (χ2n) is 6.04. The van der Waals surface area contributed by atoms with Crippen LogP contribution in [0.1, 0.15) is 78.1 Å². The van der Waals surface area contributed by atoms with E-state index >= 15 is 0 Å². The van der Waals surface area contributed by atoms with Gasteiger partial charge in [-0.2, -0.15) is 13.2 Å². The normalized spacial score (nSPS) is 14.5. The number of carbonyl (C=O) groups excluding carboxylic acids is 1. The third-order valence-electron chi connectivity index (χ3n) is 4.02. The summed E-state index contributed by atoms with van der Waals surface area (Å²) < 4.78 is 43.0. The molecule has 2 atom stereocenters. The summed E-state index contributed by atoms with van der Waals surface area (Å²) in [5, 5.41) is 0. The summed E-state index contributed by atoms with van der Waals surface area (Å²) in [6, 6.07) is -2.14. The van der Waals surface area contributed by atoms with Crippen molar-refractivity contribution in [3.8, 4) is 0 Å². The number of ether oxygens (including phenoxy) is 1. The molecule has 0 amide bonds. The molecule has 2 N–H and O–H groups in total. The van der Waals surface area contributed by atoms with Gasteiger partial charge in [0, 0.05) is 0 Å². The number of halogens is 3. The number of nitrogens with two attached hydrogens (primary N) is 1. The minimum absolute atomic E-state index is 0.0671. The number of unbranched alkanes of at least 4 members (excludes halogenated alkanes) is 8. The minimum Gasteiger partial charge on any atom is -0.466 e. The van der Waals surface area contributed by atoms with E-state index < -0.39 is 24.1 Å². The number of hydrogen-bond acceptors (Lipinski definition) is 3. The lowest BCUT2D eigenvalue weighted by atomic mass is 9.93. The van der Waals surface area contributed by atoms with Crippen LogP contribution in [0.4, 0.5) is 13.2 Å². The molecule has 0 aliphatic heterocycles. The second kappa shape index (κ2) is 12.6. The predicted molar refractivity (Wildman–Crippen MR) is 86.0 cm³/mol. The van der Waals surface area contributed by atoms with Crippen molar-refractivity contribution in [3.63, 3.8) is 0 Å². The molecule has 3 nitrogen and oxygen atoms in total. The monoisotopic (exact) mass is 339 g/mol. The molecule has 0 saturated carbocycles. The molecule has 0 radical (unpaired) electrons. The molecule has 0 aliphatic rings. The summed E-state index contributed by atoms with van der Waals surface area (Å²) in [4.78, 5) is 11.7. The Labute approximate surface area is 138 Å². The molecule has 0 aromatic carbocycles. The Bertz CT molecular complexity index is 309. The molecule has 0 fully saturated rings. The zero-order valence-electron chi connectivity index (χ0n) is 14.5. The molecule has 0 saturated heterocycles. The highest BCUT2D eigenvalue weighted by Gasteiger charge is 2.45. The highest BCUT2D eigenvalue weighted by atomic mass is 19.4. The van der Waals surface area contributed by atoms with Crippen LogP contribution in [0.3, 0.4) is 0 Å². The molecule has 0 bridgehead atoms. The van der Waals surface area contributed by atoms with Crippen LogP contribution in [-0.2, 0) is 9.53 Å². The Balaban J connectivity index is 4.04. The number of alkyl halides is 3. The van der Waals surface area contributed by atoms with Crippen molar-refractivity contribution in [1.82, 2.24) is 0 Å². The first-order valence-corrected chi connectivity index (χ1v) is 8.83. The van der Waals surface area contributed by atoms with Gasteiger partial charge in [-0.05, 0) is 13.3 Å². The Morgan fingerprint density at radius 1 is 0.957 bits per heavy atom. The smallest absolute Gasteiger partial charge is 0.404 e. The van der Waals surface area contributed by atoms with Gasteiger partial charge in [-0.25, -0.2) is 0 Å². The van der Waals surface area contributed by atoms with Gasteiger partial charge in [-0.1, -0.05) is 64.7 Å². The molecule has 0 aliphatic carbocycles. The largest absolute Gasteiger partial charge is 0.466 e. The summed E-state index contributed by atoms with van der Waals surface area (Å²) in [5.74, 6) is -2.13. The van der Waals surface area contributed by atoms with Crippen molar-refractivity contribution < 1.29 is 22.7 Å². The Kier molecular flexibility index (Phi) is 12.2. The van der Waals surface area contributed by atoms with Crippen molar-refractivity contribution in [2.75, 3.05) is 6.61 Å². The van der Waals surface area contributed by atoms with E-state index in [1.165, 1.54) is 32.1 Å². The molecule has 6 heteroatoms. The Morgan fingerprint density at radius 2 is 1.43 bits per heavy atom. The van der Waals surface area contributed by atoms with E-state index in [9.17, 15) is 18.0 Å². The Morgan fingerprint density at radius 3 is 1.87 bits per heavy atom. The summed E-state index contributed by atoms with van der Waals surface area (Å²) in [6.07, 6.45) is 5.17. The maximum absolute atomic E-state index is 12.7. The van der Waals surface area contributed by atoms with Crippen LogP contribution in [0.15, 0.2) is 0 Å². The average Bonchev–Trinajstić information content (AvgIpc) is 2.48. The van der Waals surface area contributed by atoms with E-state index in [4.69, 9.17) is 10.5 Å². The van der Waals surface area contributed by atoms with E-state index in [-0.39, 0.29) is 13.0 Å². The number of carbonyl (C=O) groups is 1. The summed E-state index contributed by atoms with van der Waals surface area (Å²) in [7, 11) is 0. The lowest BCUT2D eigenvalue weighted by molar-refractivity contribution is -0.176. The van der Waals surface area contributed by atoms with Crippen molar-refractivity contribution >= 4 is 5.97 Å². The molecule has 0 aromatic heterocycles. The summed E-state index contributed by atoms with van der Waals surface area (Å²) in [6.45, 7) is 3.82. The van der Waals surface area contributed by atoms with Gasteiger partial charge in [0.25, 0.3) is 0 Å². The number of hydrogen-bond donors (Lipinski definition) is 1. The van der Waals surface area contributed by atoms with E-state index in [0.29, 0.717) is 6.42 Å². The highest BCUT2D eigenvalue weighted by Crippen LogP contribution is 2.28. The first kappa shape index (κ1) is 22.2. The zero-order chi connectivity index (χ0) is 17.7. The average molecular weight is 339 g/mol. The van der Waals surface area contributed by atoms with Gasteiger partial charge in [0.1, 0.15) is 6.04 Å². The first-order chi connectivity index (χ1) is 10.8. The lowest BCUT2D eigenvalue weighted by Crippen LogP contribution is -2.47. The quantitative estimate of drug-likeness (QED) is 0.380. The number of esters is 1. The molecule has 0 aromatic rings. The molecular weight excluding hydrogens is 307 g/mol. The van der Waals surface area contributed by atoms with Gasteiger partial charge < -0.3 is 10.5 Å². The van der Waals surface area contributed by atoms with Crippen LogP contribution >= 0.6 is 0 Å². The predicted octanol–water partition coefficient (Wildman–Crippen LogP) is 4.98. The van der Waals surface area contributed by atoms with Crippen LogP contribution in [0, 0.1) is 5.92 Å². The molecule has 0 rings (SSSR count). The van der Waals surface area contributed by atoms with Crippen LogP contribution in [0.5, 0.6) is 0 Å². The van der Waals surface area contributed by atoms with Gasteiger partial charge in [0.05, 0.1) is 12.5 Å². The van der Waals surface area contributed by atoms with Crippen LogP contribution in [0.2, 0.25) is 0 Å². The van der Waals surface area contributed by atoms with Crippen molar-refractivity contribution in [2.24, 2.45) is 11.7 Å². The zero-order valence-corrected chi connectivity index (χ0v) is 14.5. The summed E-state index contributed by atoms with van der Waals surface area (Å²) >= 11 is 0. The van der Waals surface area contributed by atoms with Crippen molar-refractivity contribution in [2.45, 2.75) is 90.3 Å². The standard InChI is InChI=1S/C17H32F3NO2/c1-3-5-6-7-8-9-10-11-12-13-14(16(22)23-4-2)15(21)17(18,19)20/h14-15H,3-13,21H2,1-2H3/t14-,15-/m1/s1. The maximum Gasteiger partial charge on any atom is 0.404 e. The maximum atomic E-state index is 12.7. The van der Waals surface area contributed by atoms with E-state index in [1.54, 1.807) is 6.92 Å². The van der Waals surface area contributed by atoms with E-state index in [0.717, 1.165) is 19.3 Å². The van der Waals surface area contributed by atoms with Gasteiger partial charge in [0.2, 0.25) is 0 Å². The van der Waals surface area contributed by atoms with Gasteiger partial charge in [-0.15, -0.1) is 0 Å². The molecule has 0 spiro atoms. The van der Waals surface area contributed by atoms with Gasteiger partial charge in [0.15, 0.2) is 0 Å². The van der Waals surface area contributed by atoms with Gasteiger partial charge >= 0.3 is 12.1 Å². The fourth-order valence-corrected chi connectivity index (χ4v) is 2.60. The summed E-state index contributed by atoms with van der Waals surface area (Å²) in [5.41, 5.74) is 5.21. The van der Waals surface area contributed by atoms with Crippen LogP contribution in [0.25, 0.3) is 0 Å². The van der Waals surface area contributed by atoms with Crippen LogP contribution in [-0.4, -0.2) is 24.8 Å². The lowest BCUT2D eigenvalue weighted by Gasteiger charge is -2.24. The third kappa shape index (κ3) is 10.6. The van der Waals surface area contributed by atoms with Crippen molar-refractivity contribution in [1.29, 1.82) is 0 Å². The van der Waals surface area contributed by atoms with Crippen molar-refractivity contribution in [3.05, 3.63) is 0 Å². The second-order valence-corrected chi connectivity index (χ2v) is 6.04. The molecule has 23 heavy (non-hydrogen) atoms.